The summed E-state index contributed by atoms with van der Waals surface area (Å²) in [4.78, 5) is 13.9. The summed E-state index contributed by atoms with van der Waals surface area (Å²) in [6, 6.07) is -0.203. The van der Waals surface area contributed by atoms with E-state index in [1.54, 1.807) is 0 Å². The molecule has 0 aromatic carbocycles. The molecule has 5 nitrogen and oxygen atoms in total. The molecule has 1 unspecified atom stereocenters. The van der Waals surface area contributed by atoms with Crippen molar-refractivity contribution in [3.63, 3.8) is 0 Å². The number of carbonyl (C=O) groups excluding carboxylic acids is 1. The number of nitrogens with zero attached hydrogens (tertiary/aromatic N) is 1. The minimum Gasteiger partial charge on any atom is -0.468 e. The average molecular weight is 258 g/mol. The molecule has 0 aromatic rings. The number of ether oxygens (including phenoxy) is 2. The van der Waals surface area contributed by atoms with Crippen LogP contribution >= 0.6 is 0 Å². The Kier molecular flexibility index (Phi) is 6.05. The summed E-state index contributed by atoms with van der Waals surface area (Å²) in [6.07, 6.45) is 0.774. The fourth-order valence-electron chi connectivity index (χ4n) is 2.31. The minimum absolute atomic E-state index is 0.0861. The van der Waals surface area contributed by atoms with Gasteiger partial charge in [0, 0.05) is 19.6 Å². The molecular weight excluding hydrogens is 232 g/mol. The van der Waals surface area contributed by atoms with E-state index in [1.165, 1.54) is 7.11 Å². The number of methoxy groups -OCH3 is 1. The Morgan fingerprint density at radius 3 is 2.83 bits per heavy atom. The summed E-state index contributed by atoms with van der Waals surface area (Å²) in [5.74, 6) is -0.177. The first-order valence-electron chi connectivity index (χ1n) is 6.66. The first-order valence-corrected chi connectivity index (χ1v) is 6.66. The number of esters is 1. The van der Waals surface area contributed by atoms with Crippen molar-refractivity contribution in [2.24, 2.45) is 0 Å². The Labute approximate surface area is 110 Å². The van der Waals surface area contributed by atoms with Gasteiger partial charge in [-0.1, -0.05) is 6.92 Å². The van der Waals surface area contributed by atoms with Gasteiger partial charge in [0.15, 0.2) is 0 Å². The Bertz CT molecular complexity index is 269. The topological polar surface area (TPSA) is 50.8 Å². The van der Waals surface area contributed by atoms with Gasteiger partial charge in [-0.05, 0) is 26.8 Å². The lowest BCUT2D eigenvalue weighted by Crippen LogP contribution is -2.50. The minimum atomic E-state index is -0.203. The van der Waals surface area contributed by atoms with E-state index in [4.69, 9.17) is 9.47 Å². The molecule has 0 aromatic heterocycles. The van der Waals surface area contributed by atoms with Crippen molar-refractivity contribution in [1.82, 2.24) is 10.2 Å². The number of rotatable bonds is 6. The first kappa shape index (κ1) is 15.4. The molecular formula is C13H26N2O3. The number of carbonyl (C=O) groups is 1. The molecule has 106 valence electrons. The summed E-state index contributed by atoms with van der Waals surface area (Å²) < 4.78 is 10.5. The maximum Gasteiger partial charge on any atom is 0.322 e. The van der Waals surface area contributed by atoms with Crippen LogP contribution in [0.2, 0.25) is 0 Å². The zero-order valence-corrected chi connectivity index (χ0v) is 12.0. The summed E-state index contributed by atoms with van der Waals surface area (Å²) in [5.41, 5.74) is -0.0861. The van der Waals surface area contributed by atoms with Crippen LogP contribution in [-0.4, -0.2) is 62.4 Å². The predicted molar refractivity (Wildman–Crippen MR) is 70.6 cm³/mol. The maximum absolute atomic E-state index is 11.6. The molecule has 0 amide bonds. The van der Waals surface area contributed by atoms with E-state index in [2.05, 4.69) is 24.1 Å². The third kappa shape index (κ3) is 4.92. The molecule has 5 heteroatoms. The fraction of sp³-hybridized carbons (Fsp3) is 0.923. The van der Waals surface area contributed by atoms with Crippen LogP contribution in [0.1, 0.15) is 27.2 Å². The average Bonchev–Trinajstić information content (AvgIpc) is 2.32. The summed E-state index contributed by atoms with van der Waals surface area (Å²) in [7, 11) is 1.44. The van der Waals surface area contributed by atoms with Gasteiger partial charge in [0.2, 0.25) is 0 Å². The molecule has 0 spiro atoms. The van der Waals surface area contributed by atoms with Gasteiger partial charge in [0.05, 0.1) is 19.3 Å². The van der Waals surface area contributed by atoms with Gasteiger partial charge in [-0.25, -0.2) is 0 Å². The molecule has 1 aliphatic rings. The van der Waals surface area contributed by atoms with Crippen molar-refractivity contribution in [1.29, 1.82) is 0 Å². The van der Waals surface area contributed by atoms with Gasteiger partial charge in [-0.15, -0.1) is 0 Å². The van der Waals surface area contributed by atoms with E-state index >= 15 is 0 Å². The van der Waals surface area contributed by atoms with Crippen molar-refractivity contribution < 1.29 is 14.3 Å². The second kappa shape index (κ2) is 7.07. The highest BCUT2D eigenvalue weighted by molar-refractivity contribution is 5.75. The van der Waals surface area contributed by atoms with E-state index in [1.807, 2.05) is 6.92 Å². The van der Waals surface area contributed by atoms with Gasteiger partial charge >= 0.3 is 5.97 Å². The second-order valence-electron chi connectivity index (χ2n) is 5.31. The quantitative estimate of drug-likeness (QED) is 0.709. The molecule has 1 N–H and O–H groups in total. The van der Waals surface area contributed by atoms with E-state index < -0.39 is 0 Å². The van der Waals surface area contributed by atoms with Crippen molar-refractivity contribution >= 4 is 5.97 Å². The van der Waals surface area contributed by atoms with Crippen LogP contribution in [0.5, 0.6) is 0 Å². The van der Waals surface area contributed by atoms with E-state index in [-0.39, 0.29) is 17.6 Å². The van der Waals surface area contributed by atoms with Crippen LogP contribution in [0.4, 0.5) is 0 Å². The van der Waals surface area contributed by atoms with Crippen LogP contribution in [0.15, 0.2) is 0 Å². The van der Waals surface area contributed by atoms with Crippen LogP contribution in [0.25, 0.3) is 0 Å². The Morgan fingerprint density at radius 2 is 2.28 bits per heavy atom. The Balaban J connectivity index is 2.39. The van der Waals surface area contributed by atoms with Gasteiger partial charge in [0.1, 0.15) is 6.04 Å². The highest BCUT2D eigenvalue weighted by atomic mass is 16.5. The van der Waals surface area contributed by atoms with E-state index in [0.29, 0.717) is 0 Å². The highest BCUT2D eigenvalue weighted by Gasteiger charge is 2.28. The lowest BCUT2D eigenvalue weighted by atomic mass is 10.1. The lowest BCUT2D eigenvalue weighted by molar-refractivity contribution is -0.143. The molecule has 1 fully saturated rings. The van der Waals surface area contributed by atoms with E-state index in [0.717, 1.165) is 39.2 Å². The molecule has 0 radical (unpaired) electrons. The smallest absolute Gasteiger partial charge is 0.322 e. The lowest BCUT2D eigenvalue weighted by Gasteiger charge is -2.38. The second-order valence-corrected chi connectivity index (χ2v) is 5.31. The van der Waals surface area contributed by atoms with Gasteiger partial charge in [-0.3, -0.25) is 9.69 Å². The van der Waals surface area contributed by atoms with E-state index in [9.17, 15) is 4.79 Å². The number of likely N-dealkylation sites (N-methyl/N-ethyl adjacent to an activating group) is 1. The summed E-state index contributed by atoms with van der Waals surface area (Å²) >= 11 is 0. The van der Waals surface area contributed by atoms with Crippen LogP contribution < -0.4 is 5.32 Å². The van der Waals surface area contributed by atoms with Crippen LogP contribution in [0.3, 0.4) is 0 Å². The van der Waals surface area contributed by atoms with Crippen LogP contribution in [-0.2, 0) is 14.3 Å². The third-order valence-electron chi connectivity index (χ3n) is 3.17. The number of hydrogen-bond acceptors (Lipinski definition) is 5. The molecule has 1 heterocycles. The van der Waals surface area contributed by atoms with Crippen molar-refractivity contribution in [3.8, 4) is 0 Å². The molecule has 0 aliphatic carbocycles. The maximum atomic E-state index is 11.6. The van der Waals surface area contributed by atoms with Gasteiger partial charge in [-0.2, -0.15) is 0 Å². The molecule has 0 saturated carbocycles. The predicted octanol–water partition coefficient (Wildman–Crippen LogP) is 0.638. The monoisotopic (exact) mass is 258 g/mol. The third-order valence-corrected chi connectivity index (χ3v) is 3.17. The van der Waals surface area contributed by atoms with Crippen molar-refractivity contribution in [3.05, 3.63) is 0 Å². The number of nitrogens with one attached hydrogen (secondary N) is 1. The molecule has 1 saturated heterocycles. The molecule has 0 bridgehead atoms. The summed E-state index contributed by atoms with van der Waals surface area (Å²) in [5, 5.41) is 3.16. The molecule has 1 atom stereocenters. The van der Waals surface area contributed by atoms with Crippen LogP contribution in [0, 0.1) is 0 Å². The van der Waals surface area contributed by atoms with Crippen molar-refractivity contribution in [2.45, 2.75) is 38.8 Å². The molecule has 18 heavy (non-hydrogen) atoms. The molecule has 1 aliphatic heterocycles. The normalized spacial score (nSPS) is 21.6. The Morgan fingerprint density at radius 1 is 1.56 bits per heavy atom. The van der Waals surface area contributed by atoms with Gasteiger partial charge in [0.25, 0.3) is 0 Å². The first-order chi connectivity index (χ1) is 8.48. The van der Waals surface area contributed by atoms with Crippen molar-refractivity contribution in [2.75, 3.05) is 39.9 Å². The van der Waals surface area contributed by atoms with Gasteiger partial charge < -0.3 is 14.8 Å². The Hall–Kier alpha value is -0.650. The highest BCUT2D eigenvalue weighted by Crippen LogP contribution is 2.16. The molecule has 1 rings (SSSR count). The zero-order chi connectivity index (χ0) is 13.6. The standard InChI is InChI=1S/C13H26N2O3/c1-5-14-11(12(16)17-4)6-7-15-8-9-18-13(2,3)10-15/h11,14H,5-10H2,1-4H3. The largest absolute Gasteiger partial charge is 0.468 e. The SMILES string of the molecule is CCNC(CCN1CCOC(C)(C)C1)C(=O)OC. The summed E-state index contributed by atoms with van der Waals surface area (Å²) in [6.45, 7) is 10.5. The zero-order valence-electron chi connectivity index (χ0n) is 12.0. The fourth-order valence-corrected chi connectivity index (χ4v) is 2.31. The number of hydrogen-bond donors (Lipinski definition) is 1. The number of morpholine rings is 1.